The zero-order valence-electron chi connectivity index (χ0n) is 16.5. The summed E-state index contributed by atoms with van der Waals surface area (Å²) in [5.41, 5.74) is 3.27. The molecular formula is C21H22F2N6O. The quantitative estimate of drug-likeness (QED) is 0.689. The second-order valence-corrected chi connectivity index (χ2v) is 7.97. The molecule has 0 saturated carbocycles. The Labute approximate surface area is 171 Å². The molecule has 9 heteroatoms. The topological polar surface area (TPSA) is 84.7 Å². The minimum Gasteiger partial charge on any atom is -0.317 e. The number of carbonyl (C=O) groups excluding carboxylic acids is 1. The van der Waals surface area contributed by atoms with Crippen LogP contribution in [0.4, 0.5) is 14.6 Å². The molecule has 4 heterocycles. The van der Waals surface area contributed by atoms with Crippen molar-refractivity contribution in [2.75, 3.05) is 18.4 Å². The number of aromatic nitrogens is 4. The van der Waals surface area contributed by atoms with Crippen molar-refractivity contribution in [2.24, 2.45) is 0 Å². The van der Waals surface area contributed by atoms with Crippen LogP contribution in [0.3, 0.4) is 0 Å². The van der Waals surface area contributed by atoms with Gasteiger partial charge in [0.2, 0.25) is 12.3 Å². The number of rotatable bonds is 3. The summed E-state index contributed by atoms with van der Waals surface area (Å²) in [6.45, 7) is 3.85. The van der Waals surface area contributed by atoms with Crippen molar-refractivity contribution >= 4 is 22.6 Å². The highest BCUT2D eigenvalue weighted by atomic mass is 19.3. The number of amides is 1. The first-order valence-electron chi connectivity index (χ1n) is 10.2. The molecule has 30 heavy (non-hydrogen) atoms. The largest absolute Gasteiger partial charge is 0.317 e. The van der Waals surface area contributed by atoms with Gasteiger partial charge in [0.25, 0.3) is 0 Å². The molecule has 156 valence electrons. The molecule has 2 aliphatic heterocycles. The van der Waals surface area contributed by atoms with Crippen LogP contribution in [0.1, 0.15) is 42.3 Å². The van der Waals surface area contributed by atoms with Crippen molar-refractivity contribution < 1.29 is 13.6 Å². The lowest BCUT2D eigenvalue weighted by Gasteiger charge is -2.25. The van der Waals surface area contributed by atoms with Gasteiger partial charge in [0.15, 0.2) is 0 Å². The molecule has 5 rings (SSSR count). The van der Waals surface area contributed by atoms with Gasteiger partial charge in [0, 0.05) is 17.4 Å². The van der Waals surface area contributed by atoms with Crippen LogP contribution in [-0.2, 0) is 4.79 Å². The van der Waals surface area contributed by atoms with Gasteiger partial charge >= 0.3 is 0 Å². The van der Waals surface area contributed by atoms with Gasteiger partial charge in [-0.3, -0.25) is 9.48 Å². The van der Waals surface area contributed by atoms with Crippen molar-refractivity contribution in [3.8, 4) is 11.4 Å². The highest BCUT2D eigenvalue weighted by Crippen LogP contribution is 2.42. The van der Waals surface area contributed by atoms with E-state index in [1.165, 1.54) is 6.33 Å². The third-order valence-corrected chi connectivity index (χ3v) is 5.96. The van der Waals surface area contributed by atoms with E-state index in [4.69, 9.17) is 5.10 Å². The third-order valence-electron chi connectivity index (χ3n) is 5.96. The van der Waals surface area contributed by atoms with Gasteiger partial charge in [0.05, 0.1) is 17.5 Å². The van der Waals surface area contributed by atoms with Crippen molar-refractivity contribution in [3.05, 3.63) is 35.7 Å². The number of hydrogen-bond acceptors (Lipinski definition) is 5. The zero-order valence-corrected chi connectivity index (χ0v) is 16.5. The molecule has 0 spiro atoms. The maximum Gasteiger partial charge on any atom is 0.246 e. The van der Waals surface area contributed by atoms with E-state index in [0.29, 0.717) is 11.4 Å². The van der Waals surface area contributed by atoms with Crippen LogP contribution in [0.5, 0.6) is 0 Å². The first-order chi connectivity index (χ1) is 14.5. The van der Waals surface area contributed by atoms with Crippen molar-refractivity contribution in [1.82, 2.24) is 25.1 Å². The molecule has 1 fully saturated rings. The van der Waals surface area contributed by atoms with Crippen molar-refractivity contribution in [3.63, 3.8) is 0 Å². The molecule has 0 bridgehead atoms. The van der Waals surface area contributed by atoms with E-state index in [9.17, 15) is 13.6 Å². The summed E-state index contributed by atoms with van der Waals surface area (Å²) < 4.78 is 29.7. The molecule has 2 aliphatic rings. The van der Waals surface area contributed by atoms with E-state index < -0.39 is 18.3 Å². The molecule has 7 nitrogen and oxygen atoms in total. The Morgan fingerprint density at radius 1 is 1.17 bits per heavy atom. The number of piperidine rings is 1. The Hall–Kier alpha value is -2.94. The summed E-state index contributed by atoms with van der Waals surface area (Å²) in [7, 11) is 0. The van der Waals surface area contributed by atoms with E-state index in [1.54, 1.807) is 0 Å². The van der Waals surface area contributed by atoms with Crippen LogP contribution < -0.4 is 10.6 Å². The standard InChI is InChI=1S/C21H22F2N6O/c1-11-2-3-13-15(8-11)29(12-4-6-24-7-5-12)28-18(13)19-17-14(20(22)23)9-16(30)27-21(17)26-10-25-19/h2-3,8,10,12,14,20,24H,4-7,9H2,1H3,(H,25,26,27,30)/t14-/m1/s1. The number of benzene rings is 1. The number of alkyl halides is 2. The lowest BCUT2D eigenvalue weighted by Crippen LogP contribution is -2.30. The maximum absolute atomic E-state index is 13.9. The number of halogens is 2. The first kappa shape index (κ1) is 19.0. The molecule has 1 saturated heterocycles. The second kappa shape index (κ2) is 7.39. The summed E-state index contributed by atoms with van der Waals surface area (Å²) in [6.07, 6.45) is 0.200. The van der Waals surface area contributed by atoms with Crippen LogP contribution in [0, 0.1) is 6.92 Å². The third kappa shape index (κ3) is 3.13. The molecule has 0 aliphatic carbocycles. The molecule has 0 radical (unpaired) electrons. The molecule has 2 N–H and O–H groups in total. The maximum atomic E-state index is 13.9. The van der Waals surface area contributed by atoms with Crippen LogP contribution in [0.2, 0.25) is 0 Å². The fourth-order valence-electron chi connectivity index (χ4n) is 4.49. The van der Waals surface area contributed by atoms with E-state index >= 15 is 0 Å². The zero-order chi connectivity index (χ0) is 20.8. The van der Waals surface area contributed by atoms with Gasteiger partial charge in [-0.1, -0.05) is 12.1 Å². The van der Waals surface area contributed by atoms with E-state index in [2.05, 4.69) is 26.7 Å². The molecule has 1 amide bonds. The molecule has 1 aromatic carbocycles. The number of anilines is 1. The predicted octanol–water partition coefficient (Wildman–Crippen LogP) is 3.42. The van der Waals surface area contributed by atoms with Crippen molar-refractivity contribution in [1.29, 1.82) is 0 Å². The number of nitrogens with one attached hydrogen (secondary N) is 2. The predicted molar refractivity (Wildman–Crippen MR) is 109 cm³/mol. The second-order valence-electron chi connectivity index (χ2n) is 7.97. The van der Waals surface area contributed by atoms with E-state index in [1.807, 2.05) is 23.7 Å². The SMILES string of the molecule is Cc1ccc2c(-c3ncnc4c3[C@H](C(F)F)CC(=O)N4)nn(C3CCNCC3)c2c1. The molecular weight excluding hydrogens is 390 g/mol. The number of carbonyl (C=O) groups is 1. The van der Waals surface area contributed by atoms with Crippen LogP contribution in [-0.4, -0.2) is 45.2 Å². The Morgan fingerprint density at radius 2 is 1.97 bits per heavy atom. The fraction of sp³-hybridized carbons (Fsp3) is 0.429. The lowest BCUT2D eigenvalue weighted by atomic mass is 9.90. The van der Waals surface area contributed by atoms with Crippen molar-refractivity contribution in [2.45, 2.75) is 44.6 Å². The average Bonchev–Trinajstić information content (AvgIpc) is 3.11. The average molecular weight is 412 g/mol. The summed E-state index contributed by atoms with van der Waals surface area (Å²) in [5, 5.41) is 11.7. The Morgan fingerprint density at radius 3 is 2.73 bits per heavy atom. The van der Waals surface area contributed by atoms with Gasteiger partial charge in [-0.25, -0.2) is 18.7 Å². The van der Waals surface area contributed by atoms with Gasteiger partial charge in [-0.15, -0.1) is 0 Å². The highest BCUT2D eigenvalue weighted by molar-refractivity contribution is 5.98. The molecule has 0 unspecified atom stereocenters. The number of aryl methyl sites for hydroxylation is 1. The first-order valence-corrected chi connectivity index (χ1v) is 10.2. The molecule has 1 atom stereocenters. The van der Waals surface area contributed by atoms with Crippen LogP contribution >= 0.6 is 0 Å². The number of hydrogen-bond donors (Lipinski definition) is 2. The lowest BCUT2D eigenvalue weighted by molar-refractivity contribution is -0.117. The van der Waals surface area contributed by atoms with Gasteiger partial charge in [-0.2, -0.15) is 5.10 Å². The molecule has 2 aromatic heterocycles. The van der Waals surface area contributed by atoms with Gasteiger partial charge < -0.3 is 10.6 Å². The van der Waals surface area contributed by atoms with Crippen LogP contribution in [0.15, 0.2) is 24.5 Å². The Bertz CT molecular complexity index is 1120. The number of nitrogens with zero attached hydrogens (tertiary/aromatic N) is 4. The van der Waals surface area contributed by atoms with E-state index in [0.717, 1.165) is 42.4 Å². The monoisotopic (exact) mass is 412 g/mol. The highest BCUT2D eigenvalue weighted by Gasteiger charge is 2.37. The Kier molecular flexibility index (Phi) is 4.69. The summed E-state index contributed by atoms with van der Waals surface area (Å²) in [4.78, 5) is 20.3. The molecule has 3 aromatic rings. The van der Waals surface area contributed by atoms with Gasteiger partial charge in [0.1, 0.15) is 23.5 Å². The van der Waals surface area contributed by atoms with Crippen LogP contribution in [0.25, 0.3) is 22.3 Å². The summed E-state index contributed by atoms with van der Waals surface area (Å²) in [6, 6.07) is 6.26. The number of fused-ring (bicyclic) bond motifs is 2. The minimum absolute atomic E-state index is 0.151. The summed E-state index contributed by atoms with van der Waals surface area (Å²) >= 11 is 0. The summed E-state index contributed by atoms with van der Waals surface area (Å²) in [5.74, 6) is -1.56. The normalized spacial score (nSPS) is 19.9. The van der Waals surface area contributed by atoms with E-state index in [-0.39, 0.29) is 23.8 Å². The van der Waals surface area contributed by atoms with Gasteiger partial charge in [-0.05, 0) is 44.5 Å². The smallest absolute Gasteiger partial charge is 0.246 e. The minimum atomic E-state index is -2.69. The Balaban J connectivity index is 1.73. The fourth-order valence-corrected chi connectivity index (χ4v) is 4.49.